The Morgan fingerprint density at radius 1 is 0.550 bits per heavy atom. The molecule has 0 radical (unpaired) electrons. The van der Waals surface area contributed by atoms with Crippen LogP contribution in [-0.2, 0) is 19.2 Å². The zero-order chi connectivity index (χ0) is 15.7. The first kappa shape index (κ1) is 17.8. The molecule has 0 amide bonds. The summed E-state index contributed by atoms with van der Waals surface area (Å²) < 4.78 is 0. The van der Waals surface area contributed by atoms with Crippen LogP contribution in [0.2, 0.25) is 0 Å². The molecule has 0 saturated carbocycles. The van der Waals surface area contributed by atoms with E-state index in [-0.39, 0.29) is 13.1 Å². The zero-order valence-corrected chi connectivity index (χ0v) is 10.6. The molecule has 0 spiro atoms. The molecule has 0 aromatic rings. The van der Waals surface area contributed by atoms with Gasteiger partial charge in [0, 0.05) is 13.1 Å². The summed E-state index contributed by atoms with van der Waals surface area (Å²) in [6, 6.07) is 0. The number of aliphatic carboxylic acids is 4. The lowest BCUT2D eigenvalue weighted by Crippen LogP contribution is -2.43. The third-order valence-corrected chi connectivity index (χ3v) is 2.17. The Kier molecular flexibility index (Phi) is 7.85. The van der Waals surface area contributed by atoms with Crippen LogP contribution >= 0.6 is 0 Å². The van der Waals surface area contributed by atoms with Crippen LogP contribution in [0.5, 0.6) is 0 Å². The summed E-state index contributed by atoms with van der Waals surface area (Å²) in [5, 5.41) is 34.5. The van der Waals surface area contributed by atoms with Gasteiger partial charge in [-0.3, -0.25) is 29.0 Å². The number of rotatable bonds is 11. The molecule has 0 heterocycles. The third-order valence-electron chi connectivity index (χ3n) is 2.17. The predicted molar refractivity (Wildman–Crippen MR) is 63.4 cm³/mol. The Labute approximate surface area is 113 Å². The molecule has 10 heteroatoms. The summed E-state index contributed by atoms with van der Waals surface area (Å²) in [4.78, 5) is 44.4. The Morgan fingerprint density at radius 3 is 0.900 bits per heavy atom. The van der Waals surface area contributed by atoms with Crippen molar-refractivity contribution < 1.29 is 39.6 Å². The SMILES string of the molecule is O=C(O)[13CH2]N(CCN([13CH2]C(=O)O)[13CH2]C(=O)O)[13CH2]C(=O)O. The standard InChI is InChI=1S/C10H16N2O8/c13-7(14)3-11(4-8(15)16)1-2-12(5-9(17)18)6-10(19)20/h1-6H2,(H,13,14)(H,15,16)(H,17,18)(H,19,20)/i3+1,4+1,5+1,6+1. The first-order valence-electron chi connectivity index (χ1n) is 5.52. The summed E-state index contributed by atoms with van der Waals surface area (Å²) in [7, 11) is 0. The number of carboxylic acid groups (broad SMARTS) is 4. The summed E-state index contributed by atoms with van der Waals surface area (Å²) in [5.74, 6) is -4.91. The molecule has 0 atom stereocenters. The molecule has 0 aliphatic rings. The molecule has 114 valence electrons. The molecular weight excluding hydrogens is 280 g/mol. The topological polar surface area (TPSA) is 156 Å². The maximum absolute atomic E-state index is 10.6. The molecule has 0 aliphatic carbocycles. The molecule has 0 aromatic carbocycles. The van der Waals surface area contributed by atoms with Gasteiger partial charge in [-0.25, -0.2) is 0 Å². The first-order valence-corrected chi connectivity index (χ1v) is 5.52. The van der Waals surface area contributed by atoms with Crippen LogP contribution in [0.25, 0.3) is 0 Å². The van der Waals surface area contributed by atoms with Crippen LogP contribution < -0.4 is 0 Å². The highest BCUT2D eigenvalue weighted by atomic mass is 16.4. The third kappa shape index (κ3) is 9.79. The lowest BCUT2D eigenvalue weighted by atomic mass is 10.6. The number of hydrogen-bond acceptors (Lipinski definition) is 6. The lowest BCUT2D eigenvalue weighted by Gasteiger charge is -2.23. The highest BCUT2D eigenvalue weighted by Gasteiger charge is 2.17. The van der Waals surface area contributed by atoms with Crippen molar-refractivity contribution in [1.29, 1.82) is 0 Å². The molecule has 0 rings (SSSR count). The Balaban J connectivity index is 4.49. The monoisotopic (exact) mass is 296 g/mol. The van der Waals surface area contributed by atoms with E-state index in [9.17, 15) is 19.2 Å². The highest BCUT2D eigenvalue weighted by Crippen LogP contribution is 1.94. The molecule has 4 N–H and O–H groups in total. The molecule has 0 unspecified atom stereocenters. The highest BCUT2D eigenvalue weighted by molar-refractivity contribution is 5.73. The van der Waals surface area contributed by atoms with E-state index in [0.717, 1.165) is 9.80 Å². The van der Waals surface area contributed by atoms with Gasteiger partial charge in [0.2, 0.25) is 0 Å². The number of carbonyl (C=O) groups is 4. The molecule has 0 aromatic heterocycles. The van der Waals surface area contributed by atoms with Crippen molar-refractivity contribution in [3.8, 4) is 0 Å². The van der Waals surface area contributed by atoms with Crippen molar-refractivity contribution >= 4 is 23.9 Å². The van der Waals surface area contributed by atoms with E-state index >= 15 is 0 Å². The molecule has 0 fully saturated rings. The molecular formula is C10H16N2O8. The second-order valence-electron chi connectivity index (χ2n) is 4.00. The summed E-state index contributed by atoms with van der Waals surface area (Å²) in [5.41, 5.74) is 0. The largest absolute Gasteiger partial charge is 0.480 e. The fraction of sp³-hybridized carbons (Fsp3) is 0.600. The smallest absolute Gasteiger partial charge is 0.317 e. The fourth-order valence-corrected chi connectivity index (χ4v) is 1.48. The summed E-state index contributed by atoms with van der Waals surface area (Å²) >= 11 is 0. The maximum Gasteiger partial charge on any atom is 0.317 e. The van der Waals surface area contributed by atoms with Crippen molar-refractivity contribution in [2.75, 3.05) is 39.3 Å². The number of carboxylic acids is 4. The van der Waals surface area contributed by atoms with E-state index in [1.807, 2.05) is 0 Å². The average Bonchev–Trinajstić information content (AvgIpc) is 2.22. The minimum atomic E-state index is -1.23. The minimum absolute atomic E-state index is 0.0703. The van der Waals surface area contributed by atoms with Gasteiger partial charge in [-0.05, 0) is 0 Å². The van der Waals surface area contributed by atoms with E-state index in [0.29, 0.717) is 0 Å². The van der Waals surface area contributed by atoms with Gasteiger partial charge in [-0.1, -0.05) is 0 Å². The number of hydrogen-bond donors (Lipinski definition) is 4. The Bertz CT molecular complexity index is 315. The van der Waals surface area contributed by atoms with Crippen molar-refractivity contribution in [1.82, 2.24) is 9.80 Å². The van der Waals surface area contributed by atoms with Gasteiger partial charge in [0.15, 0.2) is 0 Å². The van der Waals surface area contributed by atoms with Crippen LogP contribution in [0.4, 0.5) is 0 Å². The van der Waals surface area contributed by atoms with Crippen molar-refractivity contribution in [2.24, 2.45) is 0 Å². The second-order valence-corrected chi connectivity index (χ2v) is 4.00. The van der Waals surface area contributed by atoms with Crippen molar-refractivity contribution in [3.63, 3.8) is 0 Å². The van der Waals surface area contributed by atoms with E-state index in [2.05, 4.69) is 0 Å². The van der Waals surface area contributed by atoms with Crippen LogP contribution in [0.3, 0.4) is 0 Å². The van der Waals surface area contributed by atoms with Gasteiger partial charge < -0.3 is 20.4 Å². The average molecular weight is 296 g/mol. The summed E-state index contributed by atoms with van der Waals surface area (Å²) in [6.45, 7) is -2.25. The zero-order valence-electron chi connectivity index (χ0n) is 10.6. The molecule has 20 heavy (non-hydrogen) atoms. The molecule has 0 bridgehead atoms. The lowest BCUT2D eigenvalue weighted by molar-refractivity contribution is -0.145. The van der Waals surface area contributed by atoms with Crippen molar-refractivity contribution in [3.05, 3.63) is 0 Å². The van der Waals surface area contributed by atoms with Gasteiger partial charge in [-0.15, -0.1) is 0 Å². The van der Waals surface area contributed by atoms with Crippen LogP contribution in [-0.4, -0.2) is 93.4 Å². The van der Waals surface area contributed by atoms with Crippen molar-refractivity contribution in [2.45, 2.75) is 0 Å². The van der Waals surface area contributed by atoms with Gasteiger partial charge in [0.05, 0.1) is 26.2 Å². The van der Waals surface area contributed by atoms with E-state index in [4.69, 9.17) is 20.4 Å². The Morgan fingerprint density at radius 2 is 0.750 bits per heavy atom. The Hall–Kier alpha value is -2.20. The van der Waals surface area contributed by atoms with Gasteiger partial charge in [-0.2, -0.15) is 0 Å². The van der Waals surface area contributed by atoms with Crippen LogP contribution in [0.1, 0.15) is 0 Å². The maximum atomic E-state index is 10.6. The first-order chi connectivity index (χ1) is 9.20. The predicted octanol–water partition coefficient (Wildman–Crippen LogP) is -2.07. The quantitative estimate of drug-likeness (QED) is 0.312. The van der Waals surface area contributed by atoms with Crippen LogP contribution in [0.15, 0.2) is 0 Å². The molecule has 10 nitrogen and oxygen atoms in total. The van der Waals surface area contributed by atoms with E-state index in [1.165, 1.54) is 0 Å². The van der Waals surface area contributed by atoms with E-state index < -0.39 is 50.1 Å². The van der Waals surface area contributed by atoms with Gasteiger partial charge in [0.25, 0.3) is 0 Å². The number of nitrogens with zero attached hydrogens (tertiary/aromatic N) is 2. The van der Waals surface area contributed by atoms with Gasteiger partial charge in [0.1, 0.15) is 0 Å². The molecule has 0 saturated heterocycles. The second kappa shape index (κ2) is 8.82. The molecule has 0 aliphatic heterocycles. The van der Waals surface area contributed by atoms with Gasteiger partial charge >= 0.3 is 23.9 Å². The minimum Gasteiger partial charge on any atom is -0.480 e. The fourth-order valence-electron chi connectivity index (χ4n) is 1.48. The van der Waals surface area contributed by atoms with E-state index in [1.54, 1.807) is 0 Å². The summed E-state index contributed by atoms with van der Waals surface area (Å²) in [6.07, 6.45) is 0. The van der Waals surface area contributed by atoms with Crippen LogP contribution in [0, 0.1) is 0 Å². The normalized spacial score (nSPS) is 10.7.